The van der Waals surface area contributed by atoms with Gasteiger partial charge in [0.05, 0.1) is 0 Å². The van der Waals surface area contributed by atoms with Gasteiger partial charge in [0.2, 0.25) is 0 Å². The van der Waals surface area contributed by atoms with E-state index in [1.165, 1.54) is 0 Å². The van der Waals surface area contributed by atoms with Crippen molar-refractivity contribution in [3.63, 3.8) is 0 Å². The topological polar surface area (TPSA) is 0 Å². The maximum atomic E-state index is 3.63. The molecule has 59 valence electrons. The van der Waals surface area contributed by atoms with Gasteiger partial charge in [-0.1, -0.05) is 18.1 Å². The Bertz CT molecular complexity index is 155. The van der Waals surface area contributed by atoms with Gasteiger partial charge in [0.15, 0.2) is 0 Å². The molecule has 0 nitrogen and oxygen atoms in total. The predicted molar refractivity (Wildman–Crippen MR) is 50.9 cm³/mol. The normalized spacial score (nSPS) is 8.00. The van der Waals surface area contributed by atoms with Gasteiger partial charge in [0, 0.05) is 12.8 Å². The lowest BCUT2D eigenvalue weighted by molar-refractivity contribution is 1.01. The van der Waals surface area contributed by atoms with Crippen molar-refractivity contribution >= 4 is 0 Å². The predicted octanol–water partition coefficient (Wildman–Crippen LogP) is 3.13. The molecular formula is C11H15. The van der Waals surface area contributed by atoms with Crippen LogP contribution < -0.4 is 0 Å². The van der Waals surface area contributed by atoms with E-state index in [0.29, 0.717) is 0 Å². The van der Waals surface area contributed by atoms with Gasteiger partial charge in [-0.2, -0.15) is 0 Å². The molecule has 0 saturated carbocycles. The first-order chi connectivity index (χ1) is 5.41. The average Bonchev–Trinajstić information content (AvgIpc) is 2.03. The van der Waals surface area contributed by atoms with Crippen LogP contribution in [0.15, 0.2) is 25.3 Å². The van der Waals surface area contributed by atoms with E-state index in [4.69, 9.17) is 0 Å². The van der Waals surface area contributed by atoms with Crippen LogP contribution in [0.4, 0.5) is 0 Å². The second-order valence-corrected chi connectivity index (χ2v) is 2.22. The molecule has 0 bridgehead atoms. The molecule has 0 unspecified atom stereocenters. The fourth-order valence-corrected chi connectivity index (χ4v) is 0.592. The van der Waals surface area contributed by atoms with Crippen LogP contribution in [-0.2, 0) is 0 Å². The third-order valence-electron chi connectivity index (χ3n) is 1.19. The number of rotatable bonds is 5. The third-order valence-corrected chi connectivity index (χ3v) is 1.19. The van der Waals surface area contributed by atoms with Crippen molar-refractivity contribution in [1.29, 1.82) is 0 Å². The van der Waals surface area contributed by atoms with Crippen LogP contribution in [0.3, 0.4) is 0 Å². The van der Waals surface area contributed by atoms with Gasteiger partial charge in [-0.15, -0.1) is 19.1 Å². The van der Waals surface area contributed by atoms with E-state index in [1.807, 2.05) is 18.6 Å². The Labute approximate surface area is 70.0 Å². The minimum absolute atomic E-state index is 0.925. The standard InChI is InChI=1S/C11H15/c1-3-5-7-9-11-10-8-6-4-2/h3-4,9H,1-2,5-8H2. The van der Waals surface area contributed by atoms with Crippen LogP contribution in [0.2, 0.25) is 0 Å². The van der Waals surface area contributed by atoms with Gasteiger partial charge in [-0.05, 0) is 19.3 Å². The second-order valence-electron chi connectivity index (χ2n) is 2.22. The summed E-state index contributed by atoms with van der Waals surface area (Å²) < 4.78 is 0. The molecule has 11 heavy (non-hydrogen) atoms. The highest BCUT2D eigenvalue weighted by atomic mass is 13.8. The number of allylic oxidation sites excluding steroid dienone is 2. The van der Waals surface area contributed by atoms with E-state index in [1.54, 1.807) is 0 Å². The average molecular weight is 147 g/mol. The first kappa shape index (κ1) is 10.0. The fraction of sp³-hybridized carbons (Fsp3) is 0.364. The molecule has 0 fully saturated rings. The Balaban J connectivity index is 3.11. The quantitative estimate of drug-likeness (QED) is 0.318. The Morgan fingerprint density at radius 1 is 1.00 bits per heavy atom. The minimum atomic E-state index is 0.925. The molecule has 0 aliphatic carbocycles. The molecule has 0 N–H and O–H groups in total. The number of hydrogen-bond acceptors (Lipinski definition) is 0. The first-order valence-electron chi connectivity index (χ1n) is 3.93. The lowest BCUT2D eigenvalue weighted by Crippen LogP contribution is -1.70. The Morgan fingerprint density at radius 2 is 1.73 bits per heavy atom. The van der Waals surface area contributed by atoms with Crippen LogP contribution in [-0.4, -0.2) is 0 Å². The summed E-state index contributed by atoms with van der Waals surface area (Å²) in [5.74, 6) is 6.02. The molecule has 0 aliphatic rings. The monoisotopic (exact) mass is 147 g/mol. The Kier molecular flexibility index (Phi) is 8.25. The SMILES string of the molecule is C=CCCC#C[CH]CCC=C. The summed E-state index contributed by atoms with van der Waals surface area (Å²) in [7, 11) is 0. The Morgan fingerprint density at radius 3 is 2.36 bits per heavy atom. The zero-order chi connectivity index (χ0) is 8.36. The summed E-state index contributed by atoms with van der Waals surface area (Å²) in [6.45, 7) is 7.24. The van der Waals surface area contributed by atoms with Crippen molar-refractivity contribution in [1.82, 2.24) is 0 Å². The summed E-state index contributed by atoms with van der Waals surface area (Å²) in [5, 5.41) is 0. The molecule has 0 heteroatoms. The molecule has 0 atom stereocenters. The molecule has 0 amide bonds. The highest BCUT2D eigenvalue weighted by Gasteiger charge is 1.78. The van der Waals surface area contributed by atoms with Crippen molar-refractivity contribution in [2.75, 3.05) is 0 Å². The summed E-state index contributed by atoms with van der Waals surface area (Å²) >= 11 is 0. The van der Waals surface area contributed by atoms with E-state index in [9.17, 15) is 0 Å². The Hall–Kier alpha value is -0.960. The van der Waals surface area contributed by atoms with Crippen molar-refractivity contribution in [3.05, 3.63) is 31.7 Å². The van der Waals surface area contributed by atoms with Crippen LogP contribution in [0.5, 0.6) is 0 Å². The largest absolute Gasteiger partial charge is 0.103 e. The molecule has 0 aromatic carbocycles. The zero-order valence-electron chi connectivity index (χ0n) is 6.97. The number of hydrogen-bond donors (Lipinski definition) is 0. The molecule has 1 radical (unpaired) electrons. The number of unbranched alkanes of at least 4 members (excludes halogenated alkanes) is 3. The fourth-order valence-electron chi connectivity index (χ4n) is 0.592. The van der Waals surface area contributed by atoms with E-state index in [2.05, 4.69) is 25.0 Å². The highest BCUT2D eigenvalue weighted by molar-refractivity contribution is 5.10. The zero-order valence-corrected chi connectivity index (χ0v) is 6.97. The van der Waals surface area contributed by atoms with Gasteiger partial charge in [-0.25, -0.2) is 0 Å². The van der Waals surface area contributed by atoms with E-state index >= 15 is 0 Å². The minimum Gasteiger partial charge on any atom is -0.103 e. The molecule has 0 rings (SSSR count). The van der Waals surface area contributed by atoms with Crippen LogP contribution in [0.1, 0.15) is 25.7 Å². The molecule has 0 aromatic rings. The molecule has 0 aromatic heterocycles. The van der Waals surface area contributed by atoms with E-state index in [-0.39, 0.29) is 0 Å². The maximum absolute atomic E-state index is 3.63. The smallest absolute Gasteiger partial charge is 0.0343 e. The van der Waals surface area contributed by atoms with Gasteiger partial charge in [0.1, 0.15) is 0 Å². The molecule has 0 heterocycles. The van der Waals surface area contributed by atoms with Gasteiger partial charge in [0.25, 0.3) is 0 Å². The van der Waals surface area contributed by atoms with Gasteiger partial charge in [-0.3, -0.25) is 0 Å². The first-order valence-corrected chi connectivity index (χ1v) is 3.93. The van der Waals surface area contributed by atoms with Crippen molar-refractivity contribution in [3.8, 4) is 11.8 Å². The van der Waals surface area contributed by atoms with Gasteiger partial charge < -0.3 is 0 Å². The summed E-state index contributed by atoms with van der Waals surface area (Å²) in [4.78, 5) is 0. The third kappa shape index (κ3) is 9.04. The van der Waals surface area contributed by atoms with Crippen molar-refractivity contribution in [2.24, 2.45) is 0 Å². The summed E-state index contributed by atoms with van der Waals surface area (Å²) in [6, 6.07) is 0. The van der Waals surface area contributed by atoms with Gasteiger partial charge >= 0.3 is 0 Å². The molecule has 0 aliphatic heterocycles. The van der Waals surface area contributed by atoms with Crippen LogP contribution in [0, 0.1) is 18.3 Å². The molecule has 0 spiro atoms. The molecular weight excluding hydrogens is 132 g/mol. The second kappa shape index (κ2) is 9.04. The maximum Gasteiger partial charge on any atom is 0.0343 e. The van der Waals surface area contributed by atoms with E-state index in [0.717, 1.165) is 25.7 Å². The van der Waals surface area contributed by atoms with Crippen molar-refractivity contribution in [2.45, 2.75) is 25.7 Å². The lowest BCUT2D eigenvalue weighted by Gasteiger charge is -1.84. The summed E-state index contributed by atoms with van der Waals surface area (Å²) in [6.07, 6.45) is 9.74. The van der Waals surface area contributed by atoms with E-state index < -0.39 is 0 Å². The highest BCUT2D eigenvalue weighted by Crippen LogP contribution is 1.92. The summed E-state index contributed by atoms with van der Waals surface area (Å²) in [5.41, 5.74) is 0. The van der Waals surface area contributed by atoms with Crippen molar-refractivity contribution < 1.29 is 0 Å². The lowest BCUT2D eigenvalue weighted by atomic mass is 10.2. The van der Waals surface area contributed by atoms with Crippen LogP contribution >= 0.6 is 0 Å². The van der Waals surface area contributed by atoms with Crippen LogP contribution in [0.25, 0.3) is 0 Å². The molecule has 0 saturated heterocycles.